The first kappa shape index (κ1) is 21.1. The summed E-state index contributed by atoms with van der Waals surface area (Å²) < 4.78 is 0. The predicted molar refractivity (Wildman–Crippen MR) is 94.8 cm³/mol. The molecule has 3 aliphatic rings. The second-order valence-corrected chi connectivity index (χ2v) is 7.25. The largest absolute Gasteiger partial charge is 0.483 e. The highest BCUT2D eigenvalue weighted by Gasteiger charge is 2.36. The van der Waals surface area contributed by atoms with E-state index in [2.05, 4.69) is 15.5 Å². The van der Waals surface area contributed by atoms with Crippen molar-refractivity contribution in [1.29, 1.82) is 0 Å². The van der Waals surface area contributed by atoms with Crippen molar-refractivity contribution in [2.45, 2.75) is 50.2 Å². The van der Waals surface area contributed by atoms with Gasteiger partial charge in [0, 0.05) is 26.1 Å². The number of hydrogen-bond donors (Lipinski definition) is 4. The Labute approximate surface area is 157 Å². The minimum atomic E-state index is -0.694. The summed E-state index contributed by atoms with van der Waals surface area (Å²) in [7, 11) is 0. The van der Waals surface area contributed by atoms with Gasteiger partial charge in [0.25, 0.3) is 12.4 Å². The molecule has 10 heteroatoms. The van der Waals surface area contributed by atoms with E-state index in [0.717, 1.165) is 13.1 Å². The Morgan fingerprint density at radius 1 is 1.19 bits per heavy atom. The first-order valence-corrected chi connectivity index (χ1v) is 9.28. The molecule has 0 aromatic heterocycles. The summed E-state index contributed by atoms with van der Waals surface area (Å²) in [6.07, 6.45) is 4.12. The van der Waals surface area contributed by atoms with Gasteiger partial charge in [0.05, 0.1) is 5.60 Å². The lowest BCUT2D eigenvalue weighted by atomic mass is 9.90. The molecule has 0 aromatic carbocycles. The molecule has 0 spiro atoms. The van der Waals surface area contributed by atoms with Gasteiger partial charge >= 0.3 is 6.03 Å². The van der Waals surface area contributed by atoms with Gasteiger partial charge in [-0.3, -0.25) is 19.7 Å². The fourth-order valence-corrected chi connectivity index (χ4v) is 3.78. The maximum Gasteiger partial charge on any atom is 0.322 e. The molecule has 3 fully saturated rings. The topological polar surface area (TPSA) is 139 Å². The van der Waals surface area contributed by atoms with Crippen LogP contribution in [-0.2, 0) is 14.4 Å². The molecule has 27 heavy (non-hydrogen) atoms. The molecule has 3 saturated heterocycles. The number of carbonyl (C=O) groups is 4. The fourth-order valence-electron chi connectivity index (χ4n) is 3.78. The van der Waals surface area contributed by atoms with Crippen LogP contribution < -0.4 is 10.6 Å². The van der Waals surface area contributed by atoms with Crippen LogP contribution in [0.15, 0.2) is 0 Å². The summed E-state index contributed by atoms with van der Waals surface area (Å²) in [6, 6.07) is -1.11. The number of carboxylic acid groups (broad SMARTS) is 1. The van der Waals surface area contributed by atoms with Gasteiger partial charge in [-0.05, 0) is 45.2 Å². The summed E-state index contributed by atoms with van der Waals surface area (Å²) in [5, 5.41) is 22.3. The van der Waals surface area contributed by atoms with Crippen LogP contribution in [0, 0.1) is 0 Å². The van der Waals surface area contributed by atoms with Crippen LogP contribution in [0.4, 0.5) is 4.79 Å². The van der Waals surface area contributed by atoms with Crippen LogP contribution in [-0.4, -0.2) is 88.7 Å². The van der Waals surface area contributed by atoms with Crippen molar-refractivity contribution >= 4 is 24.3 Å². The van der Waals surface area contributed by atoms with Gasteiger partial charge in [-0.1, -0.05) is 0 Å². The SMILES string of the molecule is O=C1NC(=O)[C@H](CCC(=O)N2CCC(O)(CN3CCCC3)CC2)N1.O=CO. The summed E-state index contributed by atoms with van der Waals surface area (Å²) in [5.41, 5.74) is -0.694. The highest BCUT2D eigenvalue weighted by Crippen LogP contribution is 2.25. The van der Waals surface area contributed by atoms with Crippen molar-refractivity contribution in [1.82, 2.24) is 20.4 Å². The van der Waals surface area contributed by atoms with E-state index in [1.54, 1.807) is 4.90 Å². The van der Waals surface area contributed by atoms with Crippen molar-refractivity contribution in [3.05, 3.63) is 0 Å². The molecular weight excluding hydrogens is 356 g/mol. The molecule has 152 valence electrons. The van der Waals surface area contributed by atoms with Gasteiger partial charge < -0.3 is 25.3 Å². The van der Waals surface area contributed by atoms with Gasteiger partial charge in [-0.15, -0.1) is 0 Å². The average Bonchev–Trinajstić information content (AvgIpc) is 3.23. The first-order chi connectivity index (χ1) is 12.9. The third-order valence-electron chi connectivity index (χ3n) is 5.27. The predicted octanol–water partition coefficient (Wildman–Crippen LogP) is -0.875. The Hall–Kier alpha value is -2.20. The Morgan fingerprint density at radius 3 is 2.30 bits per heavy atom. The van der Waals surface area contributed by atoms with E-state index in [1.807, 2.05) is 0 Å². The van der Waals surface area contributed by atoms with E-state index in [4.69, 9.17) is 9.90 Å². The number of nitrogens with one attached hydrogen (secondary N) is 2. The number of rotatable bonds is 5. The van der Waals surface area contributed by atoms with Crippen LogP contribution >= 0.6 is 0 Å². The maximum absolute atomic E-state index is 12.3. The van der Waals surface area contributed by atoms with Gasteiger partial charge in [0.1, 0.15) is 6.04 Å². The molecule has 4 amide bonds. The van der Waals surface area contributed by atoms with Crippen molar-refractivity contribution < 1.29 is 29.4 Å². The first-order valence-electron chi connectivity index (χ1n) is 9.28. The van der Waals surface area contributed by atoms with Gasteiger partial charge in [-0.25, -0.2) is 4.79 Å². The number of likely N-dealkylation sites (tertiary alicyclic amines) is 2. The summed E-state index contributed by atoms with van der Waals surface area (Å²) >= 11 is 0. The van der Waals surface area contributed by atoms with Gasteiger partial charge in [-0.2, -0.15) is 0 Å². The Balaban J connectivity index is 0.000000817. The fraction of sp³-hybridized carbons (Fsp3) is 0.765. The van der Waals surface area contributed by atoms with E-state index in [9.17, 15) is 19.5 Å². The van der Waals surface area contributed by atoms with Gasteiger partial charge in [0.2, 0.25) is 5.91 Å². The number of aliphatic hydroxyl groups is 1. The molecule has 0 aromatic rings. The highest BCUT2D eigenvalue weighted by molar-refractivity contribution is 6.04. The molecule has 3 aliphatic heterocycles. The maximum atomic E-state index is 12.3. The van der Waals surface area contributed by atoms with Crippen LogP contribution in [0.2, 0.25) is 0 Å². The van der Waals surface area contributed by atoms with Crippen molar-refractivity contribution in [2.24, 2.45) is 0 Å². The zero-order valence-electron chi connectivity index (χ0n) is 15.4. The van der Waals surface area contributed by atoms with E-state index in [1.165, 1.54) is 12.8 Å². The van der Waals surface area contributed by atoms with E-state index < -0.39 is 17.7 Å². The minimum Gasteiger partial charge on any atom is -0.483 e. The number of amides is 4. The molecule has 0 saturated carbocycles. The monoisotopic (exact) mass is 384 g/mol. The number of hydrogen-bond acceptors (Lipinski definition) is 6. The Morgan fingerprint density at radius 2 is 1.78 bits per heavy atom. The van der Waals surface area contributed by atoms with E-state index >= 15 is 0 Å². The minimum absolute atomic E-state index is 0.0211. The van der Waals surface area contributed by atoms with E-state index in [-0.39, 0.29) is 24.7 Å². The highest BCUT2D eigenvalue weighted by atomic mass is 16.3. The quantitative estimate of drug-likeness (QED) is 0.357. The van der Waals surface area contributed by atoms with Crippen molar-refractivity contribution in [3.8, 4) is 0 Å². The number of piperidine rings is 1. The third-order valence-corrected chi connectivity index (χ3v) is 5.27. The summed E-state index contributed by atoms with van der Waals surface area (Å²) in [5.74, 6) is -0.390. The molecule has 0 bridgehead atoms. The average molecular weight is 384 g/mol. The third kappa shape index (κ3) is 6.17. The molecule has 3 heterocycles. The Kier molecular flexibility index (Phi) is 7.55. The number of urea groups is 1. The summed E-state index contributed by atoms with van der Waals surface area (Å²) in [6.45, 7) is 3.66. The van der Waals surface area contributed by atoms with E-state index in [0.29, 0.717) is 38.9 Å². The van der Waals surface area contributed by atoms with Crippen molar-refractivity contribution in [3.63, 3.8) is 0 Å². The van der Waals surface area contributed by atoms with Crippen molar-refractivity contribution in [2.75, 3.05) is 32.7 Å². The molecule has 1 atom stereocenters. The van der Waals surface area contributed by atoms with Crippen LogP contribution in [0.25, 0.3) is 0 Å². The number of carbonyl (C=O) groups excluding carboxylic acids is 3. The Bertz CT molecular complexity index is 556. The molecule has 4 N–H and O–H groups in total. The normalized spacial score (nSPS) is 24.6. The summed E-state index contributed by atoms with van der Waals surface area (Å²) in [4.78, 5) is 47.2. The second-order valence-electron chi connectivity index (χ2n) is 7.25. The zero-order chi connectivity index (χ0) is 19.9. The van der Waals surface area contributed by atoms with Gasteiger partial charge in [0.15, 0.2) is 0 Å². The standard InChI is InChI=1S/C16H26N4O4.CH2O2/c21-13(4-3-12-14(22)18-15(23)17-12)20-9-5-16(24,6-10-20)11-19-7-1-2-8-19;2-1-3/h12,24H,1-11H2,(H2,17,18,22,23);1H,(H,2,3)/t12-;/m0./s1. The lowest BCUT2D eigenvalue weighted by Crippen LogP contribution is -2.51. The molecular formula is C17H28N4O6. The van der Waals surface area contributed by atoms with Crippen LogP contribution in [0.3, 0.4) is 0 Å². The lowest BCUT2D eigenvalue weighted by Gasteiger charge is -2.40. The lowest BCUT2D eigenvalue weighted by molar-refractivity contribution is -0.136. The molecule has 3 rings (SSSR count). The smallest absolute Gasteiger partial charge is 0.322 e. The number of imide groups is 1. The number of β-amino-alcohol motifs (C(OH)–C–C–N with tert-alkyl or cyclic N) is 1. The molecule has 10 nitrogen and oxygen atoms in total. The molecule has 0 radical (unpaired) electrons. The zero-order valence-corrected chi connectivity index (χ0v) is 15.4. The number of nitrogens with zero attached hydrogens (tertiary/aromatic N) is 2. The van der Waals surface area contributed by atoms with Crippen LogP contribution in [0.1, 0.15) is 38.5 Å². The molecule has 0 unspecified atom stereocenters. The van der Waals surface area contributed by atoms with Crippen LogP contribution in [0.5, 0.6) is 0 Å². The molecule has 0 aliphatic carbocycles. The second kappa shape index (κ2) is 9.65.